The number of nitrogens with one attached hydrogen (secondary N) is 1. The normalized spacial score (nSPS) is 13.5. The van der Waals surface area contributed by atoms with Crippen molar-refractivity contribution in [1.29, 1.82) is 0 Å². The summed E-state index contributed by atoms with van der Waals surface area (Å²) in [6.45, 7) is 5.40. The molecule has 1 N–H and O–H groups in total. The molecule has 0 heterocycles. The van der Waals surface area contributed by atoms with E-state index in [4.69, 9.17) is 11.6 Å². The molecule has 0 aliphatic carbocycles. The lowest BCUT2D eigenvalue weighted by atomic mass is 9.88. The number of rotatable bonds is 9. The summed E-state index contributed by atoms with van der Waals surface area (Å²) in [4.78, 5) is 0.128. The maximum atomic E-state index is 14.7. The topological polar surface area (TPSA) is 46.2 Å². The van der Waals surface area contributed by atoms with Gasteiger partial charge in [-0.25, -0.2) is 17.5 Å². The summed E-state index contributed by atoms with van der Waals surface area (Å²) in [7, 11) is -3.89. The lowest BCUT2D eigenvalue weighted by Crippen LogP contribution is -2.34. The Balaban J connectivity index is 1.94. The molecule has 2 atom stereocenters. The summed E-state index contributed by atoms with van der Waals surface area (Å²) in [6, 6.07) is 22.2. The molecule has 2 unspecified atom stereocenters. The van der Waals surface area contributed by atoms with Crippen molar-refractivity contribution < 1.29 is 12.8 Å². The van der Waals surface area contributed by atoms with E-state index in [0.29, 0.717) is 23.4 Å². The smallest absolute Gasteiger partial charge is 0.212 e. The van der Waals surface area contributed by atoms with E-state index in [0.717, 1.165) is 11.1 Å². The first-order valence-electron chi connectivity index (χ1n) is 9.99. The molecular formula is C25H25ClFNO2S. The van der Waals surface area contributed by atoms with Gasteiger partial charge in [-0.3, -0.25) is 0 Å². The molecule has 0 aliphatic heterocycles. The Morgan fingerprint density at radius 2 is 1.61 bits per heavy atom. The Labute approximate surface area is 188 Å². The summed E-state index contributed by atoms with van der Waals surface area (Å²) in [6.07, 6.45) is 0.980. The first-order valence-corrected chi connectivity index (χ1v) is 11.8. The van der Waals surface area contributed by atoms with Crippen LogP contribution in [0.25, 0.3) is 0 Å². The quantitative estimate of drug-likeness (QED) is 0.404. The van der Waals surface area contributed by atoms with Crippen LogP contribution in [0.2, 0.25) is 5.02 Å². The lowest BCUT2D eigenvalue weighted by molar-refractivity contribution is 0.363. The predicted octanol–water partition coefficient (Wildman–Crippen LogP) is 6.40. The van der Waals surface area contributed by atoms with Gasteiger partial charge in [0.05, 0.1) is 16.8 Å². The summed E-state index contributed by atoms with van der Waals surface area (Å²) in [5.74, 6) is -1.32. The van der Waals surface area contributed by atoms with Gasteiger partial charge in [-0.1, -0.05) is 78.3 Å². The van der Waals surface area contributed by atoms with Crippen LogP contribution in [-0.2, 0) is 16.4 Å². The van der Waals surface area contributed by atoms with Gasteiger partial charge in [0.25, 0.3) is 0 Å². The van der Waals surface area contributed by atoms with Gasteiger partial charge >= 0.3 is 0 Å². The lowest BCUT2D eigenvalue weighted by Gasteiger charge is -2.27. The number of hydrogen-bond donors (Lipinski definition) is 1. The van der Waals surface area contributed by atoms with E-state index in [-0.39, 0.29) is 4.90 Å². The molecule has 0 spiro atoms. The van der Waals surface area contributed by atoms with Gasteiger partial charge in [0, 0.05) is 10.9 Å². The molecule has 31 heavy (non-hydrogen) atoms. The second-order valence-corrected chi connectivity index (χ2v) is 9.69. The van der Waals surface area contributed by atoms with Gasteiger partial charge in [-0.2, -0.15) is 0 Å². The second-order valence-electron chi connectivity index (χ2n) is 7.54. The number of sulfonamides is 1. The van der Waals surface area contributed by atoms with Crippen molar-refractivity contribution in [1.82, 2.24) is 4.72 Å². The third-order valence-corrected chi connectivity index (χ3v) is 6.94. The van der Waals surface area contributed by atoms with Crippen molar-refractivity contribution in [3.8, 4) is 0 Å². The molecule has 0 aliphatic rings. The highest BCUT2D eigenvalue weighted by molar-refractivity contribution is 7.89. The van der Waals surface area contributed by atoms with Gasteiger partial charge in [0.2, 0.25) is 10.0 Å². The van der Waals surface area contributed by atoms with E-state index in [1.54, 1.807) is 48.5 Å². The molecule has 3 aromatic rings. The zero-order valence-corrected chi connectivity index (χ0v) is 18.8. The fourth-order valence-corrected chi connectivity index (χ4v) is 4.87. The minimum atomic E-state index is -3.89. The first-order chi connectivity index (χ1) is 14.8. The third-order valence-electron chi connectivity index (χ3n) is 5.23. The fraction of sp³-hybridized carbons (Fsp3) is 0.200. The molecular weight excluding hydrogens is 433 g/mol. The highest BCUT2D eigenvalue weighted by Gasteiger charge is 2.30. The van der Waals surface area contributed by atoms with Crippen molar-refractivity contribution in [2.75, 3.05) is 0 Å². The Bertz CT molecular complexity index is 1110. The largest absolute Gasteiger partial charge is 0.241 e. The van der Waals surface area contributed by atoms with E-state index >= 15 is 0 Å². The summed E-state index contributed by atoms with van der Waals surface area (Å²) >= 11 is 6.01. The van der Waals surface area contributed by atoms with Crippen LogP contribution in [0.1, 0.15) is 29.2 Å². The molecule has 0 bridgehead atoms. The fourth-order valence-electron chi connectivity index (χ4n) is 3.48. The third kappa shape index (κ3) is 6.26. The van der Waals surface area contributed by atoms with Crippen LogP contribution in [0, 0.1) is 12.8 Å². The Morgan fingerprint density at radius 1 is 1.00 bits per heavy atom. The molecule has 0 saturated heterocycles. The van der Waals surface area contributed by atoms with E-state index in [9.17, 15) is 12.8 Å². The first kappa shape index (κ1) is 23.2. The van der Waals surface area contributed by atoms with Crippen LogP contribution < -0.4 is 4.72 Å². The van der Waals surface area contributed by atoms with Crippen molar-refractivity contribution in [2.24, 2.45) is 5.92 Å². The Morgan fingerprint density at radius 3 is 2.19 bits per heavy atom. The summed E-state index contributed by atoms with van der Waals surface area (Å²) in [5, 5.41) is 0.517. The number of halogens is 2. The van der Waals surface area contributed by atoms with E-state index in [2.05, 4.69) is 11.3 Å². The van der Waals surface area contributed by atoms with Crippen LogP contribution in [0.15, 0.2) is 96.2 Å². The second kappa shape index (κ2) is 10.2. The number of hydrogen-bond acceptors (Lipinski definition) is 2. The summed E-state index contributed by atoms with van der Waals surface area (Å²) in [5.41, 5.74) is 2.62. The molecule has 0 saturated carbocycles. The SMILES string of the molecule is C=C(F)C(CCc1ccccc1)C(NS(=O)(=O)c1ccc(C)cc1)c1ccc(Cl)cc1. The van der Waals surface area contributed by atoms with Crippen molar-refractivity contribution in [3.05, 3.63) is 113 Å². The molecule has 3 aromatic carbocycles. The monoisotopic (exact) mass is 457 g/mol. The molecule has 0 amide bonds. The zero-order valence-electron chi connectivity index (χ0n) is 17.3. The van der Waals surface area contributed by atoms with Crippen LogP contribution in [0.3, 0.4) is 0 Å². The van der Waals surface area contributed by atoms with Crippen molar-refractivity contribution in [2.45, 2.75) is 30.7 Å². The minimum absolute atomic E-state index is 0.128. The van der Waals surface area contributed by atoms with Gasteiger partial charge in [0.15, 0.2) is 0 Å². The van der Waals surface area contributed by atoms with Gasteiger partial charge in [0.1, 0.15) is 0 Å². The highest BCUT2D eigenvalue weighted by Crippen LogP contribution is 2.34. The average molecular weight is 458 g/mol. The molecule has 0 fully saturated rings. The highest BCUT2D eigenvalue weighted by atomic mass is 35.5. The van der Waals surface area contributed by atoms with Gasteiger partial charge in [-0.05, 0) is 55.2 Å². The Hall–Kier alpha value is -2.47. The standard InChI is InChI=1S/C25H25ClFNO2S/c1-18-8-15-23(16-9-18)31(29,30)28-25(21-11-13-22(26)14-12-21)24(19(2)27)17-10-20-6-4-3-5-7-20/h3-9,11-16,24-25,28H,2,10,17H2,1H3. The molecule has 0 aromatic heterocycles. The number of aryl methyl sites for hydroxylation is 2. The Kier molecular flexibility index (Phi) is 7.65. The maximum Gasteiger partial charge on any atom is 0.241 e. The van der Waals surface area contributed by atoms with Crippen LogP contribution in [0.5, 0.6) is 0 Å². The zero-order chi connectivity index (χ0) is 22.4. The molecule has 3 rings (SSSR count). The van der Waals surface area contributed by atoms with Crippen LogP contribution in [-0.4, -0.2) is 8.42 Å². The van der Waals surface area contributed by atoms with E-state index < -0.39 is 27.8 Å². The van der Waals surface area contributed by atoms with Gasteiger partial charge < -0.3 is 0 Å². The average Bonchev–Trinajstić information content (AvgIpc) is 2.74. The van der Waals surface area contributed by atoms with E-state index in [1.165, 1.54) is 0 Å². The summed E-state index contributed by atoms with van der Waals surface area (Å²) < 4.78 is 43.6. The predicted molar refractivity (Wildman–Crippen MR) is 124 cm³/mol. The minimum Gasteiger partial charge on any atom is -0.212 e. The molecule has 6 heteroatoms. The molecule has 162 valence electrons. The van der Waals surface area contributed by atoms with Crippen molar-refractivity contribution >= 4 is 21.6 Å². The number of benzene rings is 3. The van der Waals surface area contributed by atoms with Crippen molar-refractivity contribution in [3.63, 3.8) is 0 Å². The maximum absolute atomic E-state index is 14.7. The van der Waals surface area contributed by atoms with E-state index in [1.807, 2.05) is 37.3 Å². The van der Waals surface area contributed by atoms with Crippen LogP contribution >= 0.6 is 11.6 Å². The molecule has 3 nitrogen and oxygen atoms in total. The molecule has 0 radical (unpaired) electrons. The van der Waals surface area contributed by atoms with Crippen LogP contribution in [0.4, 0.5) is 4.39 Å². The van der Waals surface area contributed by atoms with Gasteiger partial charge in [-0.15, -0.1) is 0 Å².